The number of nitrogens with one attached hydrogen (secondary N) is 2. The molecule has 0 spiro atoms. The van der Waals surface area contributed by atoms with Crippen molar-refractivity contribution in [2.45, 2.75) is 25.7 Å². The number of unbranched alkanes of at least 4 members (excludes halogenated alkanes) is 3. The Bertz CT molecular complexity index is 1280. The van der Waals surface area contributed by atoms with Crippen LogP contribution in [0, 0.1) is 11.8 Å². The molecule has 2 aromatic heterocycles. The average Bonchev–Trinajstić information content (AvgIpc) is 3.23. The summed E-state index contributed by atoms with van der Waals surface area (Å²) < 4.78 is 30.3. The van der Waals surface area contributed by atoms with Gasteiger partial charge in [-0.05, 0) is 43.7 Å². The maximum Gasteiger partial charge on any atom is 0.291 e. The van der Waals surface area contributed by atoms with Crippen LogP contribution in [-0.4, -0.2) is 53.5 Å². The molecule has 0 radical (unpaired) electrons. The van der Waals surface area contributed by atoms with Gasteiger partial charge in [-0.25, -0.2) is 9.37 Å². The molecule has 37 heavy (non-hydrogen) atoms. The first-order valence-electron chi connectivity index (χ1n) is 11.8. The van der Waals surface area contributed by atoms with Crippen molar-refractivity contribution in [2.75, 3.05) is 37.4 Å². The van der Waals surface area contributed by atoms with Gasteiger partial charge in [-0.2, -0.15) is 9.37 Å². The van der Waals surface area contributed by atoms with Crippen LogP contribution in [0.4, 0.5) is 20.3 Å². The minimum Gasteiger partial charge on any atom is -0.360 e. The summed E-state index contributed by atoms with van der Waals surface area (Å²) in [5.74, 6) is -2.69. The van der Waals surface area contributed by atoms with Crippen LogP contribution in [0.5, 0.6) is 0 Å². The van der Waals surface area contributed by atoms with Gasteiger partial charge in [0.1, 0.15) is 0 Å². The summed E-state index contributed by atoms with van der Waals surface area (Å²) in [6, 6.07) is 5.53. The number of amides is 2. The third kappa shape index (κ3) is 6.80. The number of aromatic nitrogens is 3. The molecule has 12 heteroatoms. The normalized spacial score (nSPS) is 10.9. The molecule has 0 unspecified atom stereocenters. The number of carbonyl (C=O) groups is 2. The van der Waals surface area contributed by atoms with E-state index >= 15 is 0 Å². The minimum absolute atomic E-state index is 0.0425. The van der Waals surface area contributed by atoms with Crippen molar-refractivity contribution in [1.29, 1.82) is 0 Å². The molecular weight excluding hydrogens is 504 g/mol. The highest BCUT2D eigenvalue weighted by atomic mass is 35.5. The lowest BCUT2D eigenvalue weighted by Crippen LogP contribution is -2.25. The van der Waals surface area contributed by atoms with Crippen molar-refractivity contribution in [1.82, 2.24) is 19.9 Å². The molecule has 0 aliphatic rings. The monoisotopic (exact) mass is 533 g/mol. The Morgan fingerprint density at radius 3 is 2.51 bits per heavy atom. The first-order valence-corrected chi connectivity index (χ1v) is 12.2. The number of halogens is 3. The summed E-state index contributed by atoms with van der Waals surface area (Å²) in [6.07, 6.45) is 5.06. The fraction of sp³-hybridized carbons (Fsp3) is 0.360. The number of hydrogen-bond acceptors (Lipinski definition) is 6. The van der Waals surface area contributed by atoms with Crippen molar-refractivity contribution in [3.8, 4) is 11.3 Å². The van der Waals surface area contributed by atoms with Crippen molar-refractivity contribution >= 4 is 34.9 Å². The molecule has 0 aliphatic heterocycles. The predicted molar refractivity (Wildman–Crippen MR) is 140 cm³/mol. The summed E-state index contributed by atoms with van der Waals surface area (Å²) in [5, 5.41) is 5.65. The SMILES string of the molecule is CN(C)c1nc(F)c(-c2cnc(C(=O)Nc3ccc(C(=O)NCCCCCCN)c(Cl)c3)n2C)cc1F. The third-order valence-electron chi connectivity index (χ3n) is 5.69. The molecule has 0 saturated carbocycles. The van der Waals surface area contributed by atoms with Gasteiger partial charge >= 0.3 is 0 Å². The van der Waals surface area contributed by atoms with Gasteiger partial charge in [-0.15, -0.1) is 0 Å². The number of nitrogens with two attached hydrogens (primary N) is 1. The lowest BCUT2D eigenvalue weighted by atomic mass is 10.1. The Labute approximate surface area is 219 Å². The highest BCUT2D eigenvalue weighted by molar-refractivity contribution is 6.34. The van der Waals surface area contributed by atoms with Crippen molar-refractivity contribution in [3.63, 3.8) is 0 Å². The number of anilines is 2. The van der Waals surface area contributed by atoms with Gasteiger partial charge < -0.3 is 25.8 Å². The minimum atomic E-state index is -0.892. The standard InChI is InChI=1S/C25H30ClF2N7O2/c1-34(2)22-19(27)13-17(21(28)33-22)20-14-31-23(35(20)3)25(37)32-15-8-9-16(18(26)12-15)24(36)30-11-7-5-4-6-10-29/h8-9,12-14H,4-7,10-11,29H2,1-3H3,(H,30,36)(H,32,37). The second kappa shape index (κ2) is 12.6. The quantitative estimate of drug-likeness (QED) is 0.253. The first-order chi connectivity index (χ1) is 17.6. The van der Waals surface area contributed by atoms with E-state index in [0.29, 0.717) is 18.8 Å². The lowest BCUT2D eigenvalue weighted by Gasteiger charge is -2.14. The largest absolute Gasteiger partial charge is 0.360 e. The molecule has 0 aliphatic carbocycles. The summed E-state index contributed by atoms with van der Waals surface area (Å²) in [5.41, 5.74) is 6.14. The van der Waals surface area contributed by atoms with Crippen LogP contribution < -0.4 is 21.3 Å². The smallest absolute Gasteiger partial charge is 0.291 e. The van der Waals surface area contributed by atoms with E-state index in [1.165, 1.54) is 34.8 Å². The van der Waals surface area contributed by atoms with E-state index in [-0.39, 0.29) is 39.4 Å². The van der Waals surface area contributed by atoms with Crippen molar-refractivity contribution in [3.05, 3.63) is 58.6 Å². The van der Waals surface area contributed by atoms with Gasteiger partial charge in [0.05, 0.1) is 28.0 Å². The number of nitrogens with zero attached hydrogens (tertiary/aromatic N) is 4. The maximum atomic E-state index is 14.6. The molecule has 3 rings (SSSR count). The van der Waals surface area contributed by atoms with Crippen LogP contribution in [0.1, 0.15) is 46.7 Å². The summed E-state index contributed by atoms with van der Waals surface area (Å²) in [7, 11) is 4.60. The van der Waals surface area contributed by atoms with E-state index in [0.717, 1.165) is 31.7 Å². The Kier molecular flexibility index (Phi) is 9.54. The maximum absolute atomic E-state index is 14.6. The van der Waals surface area contributed by atoms with Gasteiger partial charge in [-0.1, -0.05) is 24.4 Å². The van der Waals surface area contributed by atoms with E-state index in [1.807, 2.05) is 0 Å². The van der Waals surface area contributed by atoms with E-state index in [9.17, 15) is 18.4 Å². The number of carbonyl (C=O) groups excluding carboxylic acids is 2. The molecule has 0 atom stereocenters. The number of pyridine rings is 1. The van der Waals surface area contributed by atoms with Crippen molar-refractivity contribution < 1.29 is 18.4 Å². The van der Waals surface area contributed by atoms with Gasteiger partial charge in [0.2, 0.25) is 5.95 Å². The highest BCUT2D eigenvalue weighted by Crippen LogP contribution is 2.27. The van der Waals surface area contributed by atoms with E-state index in [2.05, 4.69) is 20.6 Å². The zero-order chi connectivity index (χ0) is 27.1. The van der Waals surface area contributed by atoms with E-state index < -0.39 is 17.7 Å². The first kappa shape index (κ1) is 28.0. The molecule has 2 amide bonds. The number of imidazole rings is 1. The van der Waals surface area contributed by atoms with Gasteiger partial charge in [0.25, 0.3) is 11.8 Å². The lowest BCUT2D eigenvalue weighted by molar-refractivity contribution is 0.0952. The Hall–Kier alpha value is -3.57. The number of rotatable bonds is 11. The molecule has 0 fully saturated rings. The number of benzene rings is 1. The van der Waals surface area contributed by atoms with Gasteiger partial charge in [0.15, 0.2) is 17.5 Å². The molecule has 9 nitrogen and oxygen atoms in total. The van der Waals surface area contributed by atoms with Crippen LogP contribution >= 0.6 is 11.6 Å². The second-order valence-electron chi connectivity index (χ2n) is 8.66. The van der Waals surface area contributed by atoms with Crippen LogP contribution in [0.2, 0.25) is 5.02 Å². The molecule has 198 valence electrons. The molecule has 1 aromatic carbocycles. The molecular formula is C25H30ClF2N7O2. The van der Waals surface area contributed by atoms with E-state index in [4.69, 9.17) is 17.3 Å². The summed E-state index contributed by atoms with van der Waals surface area (Å²) in [6.45, 7) is 1.19. The van der Waals surface area contributed by atoms with Gasteiger partial charge in [-0.3, -0.25) is 9.59 Å². The summed E-state index contributed by atoms with van der Waals surface area (Å²) in [4.78, 5) is 34.3. The Balaban J connectivity index is 1.68. The fourth-order valence-electron chi connectivity index (χ4n) is 3.71. The second-order valence-corrected chi connectivity index (χ2v) is 9.07. The van der Waals surface area contributed by atoms with Crippen LogP contribution in [0.25, 0.3) is 11.3 Å². The van der Waals surface area contributed by atoms with Gasteiger partial charge in [0, 0.05) is 33.4 Å². The third-order valence-corrected chi connectivity index (χ3v) is 6.00. The topological polar surface area (TPSA) is 118 Å². The highest BCUT2D eigenvalue weighted by Gasteiger charge is 2.21. The summed E-state index contributed by atoms with van der Waals surface area (Å²) >= 11 is 6.28. The van der Waals surface area contributed by atoms with Crippen molar-refractivity contribution in [2.24, 2.45) is 12.8 Å². The molecule has 0 saturated heterocycles. The zero-order valence-corrected chi connectivity index (χ0v) is 21.7. The van der Waals surface area contributed by atoms with Crippen LogP contribution in [-0.2, 0) is 7.05 Å². The molecule has 3 aromatic rings. The predicted octanol–water partition coefficient (Wildman–Crippen LogP) is 3.98. The zero-order valence-electron chi connectivity index (χ0n) is 20.9. The van der Waals surface area contributed by atoms with E-state index in [1.54, 1.807) is 20.2 Å². The fourth-order valence-corrected chi connectivity index (χ4v) is 3.97. The Morgan fingerprint density at radius 2 is 1.84 bits per heavy atom. The van der Waals surface area contributed by atoms with Crippen LogP contribution in [0.15, 0.2) is 30.5 Å². The molecule has 0 bridgehead atoms. The van der Waals surface area contributed by atoms with Crippen LogP contribution in [0.3, 0.4) is 0 Å². The average molecular weight is 534 g/mol. The Morgan fingerprint density at radius 1 is 1.11 bits per heavy atom. The molecule has 4 N–H and O–H groups in total. The number of hydrogen-bond donors (Lipinski definition) is 3. The molecule has 2 heterocycles.